The monoisotopic (exact) mass is 547 g/mol. The molecular formula is C23H22IN3O3S. The number of nitrogens with zero attached hydrogens (tertiary/aromatic N) is 2. The van der Waals surface area contributed by atoms with Crippen LogP contribution in [-0.4, -0.2) is 26.6 Å². The Labute approximate surface area is 196 Å². The number of anilines is 1. The molecule has 3 rings (SSSR count). The predicted molar refractivity (Wildman–Crippen MR) is 132 cm³/mol. The smallest absolute Gasteiger partial charge is 0.264 e. The lowest BCUT2D eigenvalue weighted by Crippen LogP contribution is -2.39. The van der Waals surface area contributed by atoms with Crippen LogP contribution in [0.1, 0.15) is 18.1 Å². The van der Waals surface area contributed by atoms with Crippen LogP contribution in [0.3, 0.4) is 0 Å². The summed E-state index contributed by atoms with van der Waals surface area (Å²) in [6.07, 6.45) is 0. The summed E-state index contributed by atoms with van der Waals surface area (Å²) in [6.45, 7) is 3.29. The number of nitrogens with one attached hydrogen (secondary N) is 1. The fraction of sp³-hybridized carbons (Fsp3) is 0.130. The van der Waals surface area contributed by atoms with Crippen molar-refractivity contribution >= 4 is 49.9 Å². The number of hydrogen-bond acceptors (Lipinski definition) is 4. The zero-order chi connectivity index (χ0) is 22.4. The van der Waals surface area contributed by atoms with E-state index >= 15 is 0 Å². The van der Waals surface area contributed by atoms with Crippen LogP contribution in [0.2, 0.25) is 0 Å². The van der Waals surface area contributed by atoms with E-state index in [0.717, 1.165) is 19.0 Å². The number of halogens is 1. The molecule has 6 nitrogen and oxygen atoms in total. The summed E-state index contributed by atoms with van der Waals surface area (Å²) >= 11 is 2.20. The van der Waals surface area contributed by atoms with E-state index in [4.69, 9.17) is 0 Å². The lowest BCUT2D eigenvalue weighted by molar-refractivity contribution is -0.119. The van der Waals surface area contributed by atoms with Gasteiger partial charge in [-0.05, 0) is 78.4 Å². The van der Waals surface area contributed by atoms with Gasteiger partial charge in [0.2, 0.25) is 0 Å². The standard InChI is InChI=1S/C23H22IN3O3S/c1-17-11-13-21(14-12-17)27(31(29,30)22-9-4-3-5-10-22)16-23(28)26-25-18(2)19-7-6-8-20(24)15-19/h3-15H,16H2,1-2H3,(H,26,28)/b25-18-. The Bertz CT molecular complexity index is 1190. The summed E-state index contributed by atoms with van der Waals surface area (Å²) in [7, 11) is -3.94. The highest BCUT2D eigenvalue weighted by atomic mass is 127. The molecule has 0 saturated carbocycles. The van der Waals surface area contributed by atoms with Gasteiger partial charge in [-0.2, -0.15) is 5.10 Å². The van der Waals surface area contributed by atoms with Crippen LogP contribution in [0.25, 0.3) is 0 Å². The van der Waals surface area contributed by atoms with E-state index in [2.05, 4.69) is 33.1 Å². The van der Waals surface area contributed by atoms with Crippen LogP contribution >= 0.6 is 22.6 Å². The van der Waals surface area contributed by atoms with Crippen molar-refractivity contribution < 1.29 is 13.2 Å². The molecule has 1 amide bonds. The predicted octanol–water partition coefficient (Wildman–Crippen LogP) is 4.34. The van der Waals surface area contributed by atoms with Crippen molar-refractivity contribution in [1.29, 1.82) is 0 Å². The quantitative estimate of drug-likeness (QED) is 0.272. The second-order valence-corrected chi connectivity index (χ2v) is 10.0. The third-order valence-corrected chi connectivity index (χ3v) is 6.99. The molecule has 0 unspecified atom stereocenters. The molecular weight excluding hydrogens is 525 g/mol. The molecule has 0 aliphatic carbocycles. The maximum absolute atomic E-state index is 13.3. The molecule has 0 fully saturated rings. The van der Waals surface area contributed by atoms with Crippen LogP contribution in [0.4, 0.5) is 5.69 Å². The fourth-order valence-corrected chi connectivity index (χ4v) is 4.82. The number of aryl methyl sites for hydroxylation is 1. The number of hydrogen-bond donors (Lipinski definition) is 1. The van der Waals surface area contributed by atoms with Crippen LogP contribution in [-0.2, 0) is 14.8 Å². The number of rotatable bonds is 7. The number of carbonyl (C=O) groups excluding carboxylic acids is 1. The Morgan fingerprint density at radius 2 is 1.68 bits per heavy atom. The van der Waals surface area contributed by atoms with Gasteiger partial charge in [-0.15, -0.1) is 0 Å². The molecule has 0 bridgehead atoms. The number of sulfonamides is 1. The highest BCUT2D eigenvalue weighted by Gasteiger charge is 2.27. The SMILES string of the molecule is C/C(=N/NC(=O)CN(c1ccc(C)cc1)S(=O)(=O)c1ccccc1)c1cccc(I)c1. The maximum atomic E-state index is 13.3. The molecule has 31 heavy (non-hydrogen) atoms. The van der Waals surface area contributed by atoms with Crippen molar-refractivity contribution in [3.8, 4) is 0 Å². The number of hydrazone groups is 1. The number of amides is 1. The van der Waals surface area contributed by atoms with E-state index in [0.29, 0.717) is 11.4 Å². The first-order valence-corrected chi connectivity index (χ1v) is 12.0. The lowest BCUT2D eigenvalue weighted by atomic mass is 10.1. The Morgan fingerprint density at radius 3 is 2.32 bits per heavy atom. The van der Waals surface area contributed by atoms with Gasteiger partial charge in [0.1, 0.15) is 6.54 Å². The topological polar surface area (TPSA) is 78.8 Å². The van der Waals surface area contributed by atoms with E-state index < -0.39 is 22.5 Å². The Kier molecular flexibility index (Phi) is 7.45. The highest BCUT2D eigenvalue weighted by Crippen LogP contribution is 2.23. The van der Waals surface area contributed by atoms with Crippen LogP contribution in [0.15, 0.2) is 88.9 Å². The first-order valence-electron chi connectivity index (χ1n) is 9.51. The van der Waals surface area contributed by atoms with Gasteiger partial charge in [-0.1, -0.05) is 48.0 Å². The average molecular weight is 547 g/mol. The van der Waals surface area contributed by atoms with Gasteiger partial charge in [-0.3, -0.25) is 9.10 Å². The minimum atomic E-state index is -3.94. The van der Waals surface area contributed by atoms with Crippen molar-refractivity contribution in [2.45, 2.75) is 18.7 Å². The van der Waals surface area contributed by atoms with Gasteiger partial charge in [0.25, 0.3) is 15.9 Å². The van der Waals surface area contributed by atoms with E-state index in [9.17, 15) is 13.2 Å². The molecule has 0 saturated heterocycles. The fourth-order valence-electron chi connectivity index (χ4n) is 2.84. The van der Waals surface area contributed by atoms with Gasteiger partial charge in [-0.25, -0.2) is 13.8 Å². The van der Waals surface area contributed by atoms with Crippen molar-refractivity contribution in [3.05, 3.63) is 93.6 Å². The molecule has 3 aromatic carbocycles. The zero-order valence-corrected chi connectivity index (χ0v) is 20.1. The van der Waals surface area contributed by atoms with Crippen molar-refractivity contribution in [3.63, 3.8) is 0 Å². The molecule has 0 aromatic heterocycles. The molecule has 1 N–H and O–H groups in total. The van der Waals surface area contributed by atoms with E-state index in [1.807, 2.05) is 31.2 Å². The Hall–Kier alpha value is -2.72. The third-order valence-electron chi connectivity index (χ3n) is 4.53. The number of carbonyl (C=O) groups is 1. The molecule has 0 atom stereocenters. The molecule has 8 heteroatoms. The Balaban J connectivity index is 1.85. The van der Waals surface area contributed by atoms with E-state index in [-0.39, 0.29) is 4.90 Å². The van der Waals surface area contributed by atoms with E-state index in [1.54, 1.807) is 49.4 Å². The average Bonchev–Trinajstić information content (AvgIpc) is 2.77. The largest absolute Gasteiger partial charge is 0.271 e. The van der Waals surface area contributed by atoms with Gasteiger partial charge >= 0.3 is 0 Å². The molecule has 0 radical (unpaired) electrons. The summed E-state index contributed by atoms with van der Waals surface area (Å²) < 4.78 is 28.7. The first kappa shape index (κ1) is 23.0. The summed E-state index contributed by atoms with van der Waals surface area (Å²) in [5.74, 6) is -0.537. The highest BCUT2D eigenvalue weighted by molar-refractivity contribution is 14.1. The minimum Gasteiger partial charge on any atom is -0.271 e. The second kappa shape index (κ2) is 10.1. The Morgan fingerprint density at radius 1 is 1.00 bits per heavy atom. The molecule has 0 heterocycles. The molecule has 3 aromatic rings. The van der Waals surface area contributed by atoms with Crippen LogP contribution < -0.4 is 9.73 Å². The van der Waals surface area contributed by atoms with Gasteiger partial charge in [0, 0.05) is 3.57 Å². The van der Waals surface area contributed by atoms with Gasteiger partial charge in [0.15, 0.2) is 0 Å². The normalized spacial score (nSPS) is 11.8. The maximum Gasteiger partial charge on any atom is 0.264 e. The first-order chi connectivity index (χ1) is 14.8. The zero-order valence-electron chi connectivity index (χ0n) is 17.1. The lowest BCUT2D eigenvalue weighted by Gasteiger charge is -2.23. The minimum absolute atomic E-state index is 0.113. The third kappa shape index (κ3) is 5.92. The van der Waals surface area contributed by atoms with Crippen molar-refractivity contribution in [1.82, 2.24) is 5.43 Å². The van der Waals surface area contributed by atoms with Crippen LogP contribution in [0.5, 0.6) is 0 Å². The molecule has 0 spiro atoms. The summed E-state index contributed by atoms with van der Waals surface area (Å²) in [5.41, 5.74) is 5.37. The molecule has 0 aliphatic heterocycles. The summed E-state index contributed by atoms with van der Waals surface area (Å²) in [5, 5.41) is 4.14. The van der Waals surface area contributed by atoms with Crippen LogP contribution in [0, 0.1) is 10.5 Å². The van der Waals surface area contributed by atoms with Gasteiger partial charge in [0.05, 0.1) is 16.3 Å². The van der Waals surface area contributed by atoms with Crippen molar-refractivity contribution in [2.24, 2.45) is 5.10 Å². The molecule has 0 aliphatic rings. The second-order valence-electron chi connectivity index (χ2n) is 6.90. The summed E-state index contributed by atoms with van der Waals surface area (Å²) in [6, 6.07) is 22.7. The van der Waals surface area contributed by atoms with Gasteiger partial charge < -0.3 is 0 Å². The van der Waals surface area contributed by atoms with E-state index in [1.165, 1.54) is 12.1 Å². The number of benzene rings is 3. The molecule has 160 valence electrons. The van der Waals surface area contributed by atoms with Crippen molar-refractivity contribution in [2.75, 3.05) is 10.8 Å². The summed E-state index contributed by atoms with van der Waals surface area (Å²) in [4.78, 5) is 12.8.